The van der Waals surface area contributed by atoms with Crippen LogP contribution in [0.2, 0.25) is 0 Å². The van der Waals surface area contributed by atoms with Gasteiger partial charge in [0, 0.05) is 5.56 Å². The van der Waals surface area contributed by atoms with E-state index in [2.05, 4.69) is 5.32 Å². The second-order valence-electron chi connectivity index (χ2n) is 3.26. The predicted octanol–water partition coefficient (Wildman–Crippen LogP) is 1.71. The smallest absolute Gasteiger partial charge is 0.251 e. The van der Waals surface area contributed by atoms with Crippen LogP contribution in [0.25, 0.3) is 0 Å². The van der Waals surface area contributed by atoms with Crippen LogP contribution < -0.4 is 5.32 Å². The normalized spacial score (nSPS) is 11.6. The molecule has 0 aliphatic carbocycles. The Morgan fingerprint density at radius 2 is 1.71 bits per heavy atom. The third-order valence-corrected chi connectivity index (χ3v) is 2.40. The van der Waals surface area contributed by atoms with Gasteiger partial charge in [-0.3, -0.25) is 14.4 Å². The van der Waals surface area contributed by atoms with Crippen molar-refractivity contribution in [1.82, 2.24) is 5.32 Å². The summed E-state index contributed by atoms with van der Waals surface area (Å²) in [5.74, 6) is -0.484. The number of nitrogens with one attached hydrogen (secondary N) is 1. The summed E-state index contributed by atoms with van der Waals surface area (Å²) in [7, 11) is 0. The van der Waals surface area contributed by atoms with Crippen molar-refractivity contribution < 1.29 is 14.4 Å². The van der Waals surface area contributed by atoms with Crippen molar-refractivity contribution in [3.63, 3.8) is 0 Å². The van der Waals surface area contributed by atoms with E-state index in [0.717, 1.165) is 0 Å². The van der Waals surface area contributed by atoms with E-state index in [1.807, 2.05) is 0 Å². The Hall–Kier alpha value is -1.39. The van der Waals surface area contributed by atoms with E-state index >= 15 is 0 Å². The number of carbonyl (C=O) groups is 3. The number of hydrogen-bond donors (Lipinski definition) is 1. The standard InChI is InChI=1S/C11H9Cl2NO3/c12-9(15)6-8(10(13)16)14-11(17)7-4-2-1-3-5-7/h1-5,8H,6H2,(H,14,17)/t8-/m0/s1. The molecule has 1 amide bonds. The van der Waals surface area contributed by atoms with Crippen molar-refractivity contribution in [2.75, 3.05) is 0 Å². The van der Waals surface area contributed by atoms with Crippen molar-refractivity contribution in [2.45, 2.75) is 12.5 Å². The van der Waals surface area contributed by atoms with Gasteiger partial charge in [0.1, 0.15) is 6.04 Å². The second kappa shape index (κ2) is 6.37. The van der Waals surface area contributed by atoms with Gasteiger partial charge in [0.2, 0.25) is 10.5 Å². The molecule has 0 radical (unpaired) electrons. The molecule has 0 spiro atoms. The van der Waals surface area contributed by atoms with Gasteiger partial charge in [0.25, 0.3) is 5.91 Å². The molecule has 90 valence electrons. The maximum Gasteiger partial charge on any atom is 0.251 e. The zero-order valence-electron chi connectivity index (χ0n) is 8.65. The third kappa shape index (κ3) is 4.54. The molecular weight excluding hydrogens is 265 g/mol. The molecule has 0 saturated carbocycles. The average molecular weight is 274 g/mol. The SMILES string of the molecule is O=C(Cl)C[C@H](NC(=O)c1ccccc1)C(=O)Cl. The Kier molecular flexibility index (Phi) is 5.12. The minimum Gasteiger partial charge on any atom is -0.340 e. The van der Waals surface area contributed by atoms with Crippen LogP contribution in [0.15, 0.2) is 30.3 Å². The topological polar surface area (TPSA) is 63.2 Å². The van der Waals surface area contributed by atoms with Crippen molar-refractivity contribution in [3.05, 3.63) is 35.9 Å². The molecule has 1 atom stereocenters. The van der Waals surface area contributed by atoms with E-state index in [9.17, 15) is 14.4 Å². The first-order valence-electron chi connectivity index (χ1n) is 4.74. The monoisotopic (exact) mass is 273 g/mol. The summed E-state index contributed by atoms with van der Waals surface area (Å²) in [4.78, 5) is 33.3. The summed E-state index contributed by atoms with van der Waals surface area (Å²) in [6.07, 6.45) is -0.331. The van der Waals surface area contributed by atoms with Crippen molar-refractivity contribution in [1.29, 1.82) is 0 Å². The second-order valence-corrected chi connectivity index (χ2v) is 4.05. The molecule has 0 unspecified atom stereocenters. The van der Waals surface area contributed by atoms with Gasteiger partial charge in [0.05, 0.1) is 6.42 Å². The molecule has 0 fully saturated rings. The first-order chi connectivity index (χ1) is 8.00. The van der Waals surface area contributed by atoms with Crippen LogP contribution in [0.1, 0.15) is 16.8 Å². The lowest BCUT2D eigenvalue weighted by Crippen LogP contribution is -2.39. The summed E-state index contributed by atoms with van der Waals surface area (Å²) in [6.45, 7) is 0. The lowest BCUT2D eigenvalue weighted by atomic mass is 10.2. The largest absolute Gasteiger partial charge is 0.340 e. The highest BCUT2D eigenvalue weighted by molar-refractivity contribution is 6.67. The molecule has 4 nitrogen and oxygen atoms in total. The first-order valence-corrected chi connectivity index (χ1v) is 5.50. The molecule has 0 aromatic heterocycles. The fraction of sp³-hybridized carbons (Fsp3) is 0.182. The summed E-state index contributed by atoms with van der Waals surface area (Å²) in [5, 5.41) is 0.770. The van der Waals surface area contributed by atoms with E-state index in [4.69, 9.17) is 23.2 Å². The van der Waals surface area contributed by atoms with Crippen LogP contribution in [0, 0.1) is 0 Å². The number of amides is 1. The van der Waals surface area contributed by atoms with Crippen LogP contribution in [-0.4, -0.2) is 22.4 Å². The fourth-order valence-electron chi connectivity index (χ4n) is 1.18. The fourth-order valence-corrected chi connectivity index (χ4v) is 1.47. The lowest BCUT2D eigenvalue weighted by Gasteiger charge is -2.12. The summed E-state index contributed by atoms with van der Waals surface area (Å²) in [6, 6.07) is 7.16. The number of benzene rings is 1. The molecule has 1 rings (SSSR count). The predicted molar refractivity (Wildman–Crippen MR) is 64.0 cm³/mol. The summed E-state index contributed by atoms with van der Waals surface area (Å²) in [5.41, 5.74) is 0.373. The minimum atomic E-state index is -1.10. The van der Waals surface area contributed by atoms with Crippen molar-refractivity contribution in [3.8, 4) is 0 Å². The molecule has 17 heavy (non-hydrogen) atoms. The molecule has 6 heteroatoms. The number of hydrogen-bond acceptors (Lipinski definition) is 3. The van der Waals surface area contributed by atoms with Gasteiger partial charge in [0.15, 0.2) is 0 Å². The first kappa shape index (κ1) is 13.7. The van der Waals surface area contributed by atoms with Gasteiger partial charge in [-0.05, 0) is 35.3 Å². The van der Waals surface area contributed by atoms with E-state index in [0.29, 0.717) is 5.56 Å². The summed E-state index contributed by atoms with van der Waals surface area (Å²) < 4.78 is 0. The quantitative estimate of drug-likeness (QED) is 0.831. The Morgan fingerprint density at radius 3 is 2.18 bits per heavy atom. The highest BCUT2D eigenvalue weighted by Gasteiger charge is 2.21. The molecule has 0 aliphatic heterocycles. The molecule has 0 saturated heterocycles. The zero-order valence-corrected chi connectivity index (χ0v) is 10.2. The number of carbonyl (C=O) groups excluding carboxylic acids is 3. The van der Waals surface area contributed by atoms with E-state index in [1.165, 1.54) is 0 Å². The van der Waals surface area contributed by atoms with Gasteiger partial charge in [-0.2, -0.15) is 0 Å². The van der Waals surface area contributed by atoms with Crippen LogP contribution >= 0.6 is 23.2 Å². The Labute approximate surface area is 108 Å². The van der Waals surface area contributed by atoms with Gasteiger partial charge < -0.3 is 5.32 Å². The van der Waals surface area contributed by atoms with Crippen molar-refractivity contribution >= 4 is 39.6 Å². The molecule has 0 bridgehead atoms. The van der Waals surface area contributed by atoms with E-state index < -0.39 is 22.4 Å². The lowest BCUT2D eigenvalue weighted by molar-refractivity contribution is -0.118. The van der Waals surface area contributed by atoms with Gasteiger partial charge in [-0.15, -0.1) is 0 Å². The zero-order chi connectivity index (χ0) is 12.8. The molecule has 0 heterocycles. The molecule has 1 aromatic rings. The Balaban J connectivity index is 2.71. The van der Waals surface area contributed by atoms with Gasteiger partial charge >= 0.3 is 0 Å². The number of rotatable bonds is 5. The molecule has 0 aliphatic rings. The Bertz CT molecular complexity index is 434. The molecule has 1 N–H and O–H groups in total. The van der Waals surface area contributed by atoms with Crippen LogP contribution in [0.5, 0.6) is 0 Å². The van der Waals surface area contributed by atoms with Crippen LogP contribution in [-0.2, 0) is 9.59 Å². The average Bonchev–Trinajstić information content (AvgIpc) is 2.28. The van der Waals surface area contributed by atoms with Crippen LogP contribution in [0.3, 0.4) is 0 Å². The van der Waals surface area contributed by atoms with Crippen molar-refractivity contribution in [2.24, 2.45) is 0 Å². The van der Waals surface area contributed by atoms with Gasteiger partial charge in [-0.1, -0.05) is 18.2 Å². The third-order valence-electron chi connectivity index (χ3n) is 1.98. The highest BCUT2D eigenvalue weighted by Crippen LogP contribution is 2.04. The maximum atomic E-state index is 11.7. The van der Waals surface area contributed by atoms with E-state index in [1.54, 1.807) is 30.3 Å². The van der Waals surface area contributed by atoms with E-state index in [-0.39, 0.29) is 6.42 Å². The minimum absolute atomic E-state index is 0.331. The molecule has 1 aromatic carbocycles. The van der Waals surface area contributed by atoms with Gasteiger partial charge in [-0.25, -0.2) is 0 Å². The highest BCUT2D eigenvalue weighted by atomic mass is 35.5. The summed E-state index contributed by atoms with van der Waals surface area (Å²) >= 11 is 10.4. The molecular formula is C11H9Cl2NO3. The maximum absolute atomic E-state index is 11.7. The Morgan fingerprint density at radius 1 is 1.12 bits per heavy atom. The van der Waals surface area contributed by atoms with Crippen LogP contribution in [0.4, 0.5) is 0 Å². The number of halogens is 2.